The van der Waals surface area contributed by atoms with E-state index in [0.29, 0.717) is 0 Å². The summed E-state index contributed by atoms with van der Waals surface area (Å²) < 4.78 is 16.3. The van der Waals surface area contributed by atoms with Gasteiger partial charge in [-0.3, -0.25) is 18.9 Å². The fourth-order valence-corrected chi connectivity index (χ4v) is 3.45. The Morgan fingerprint density at radius 2 is 1.78 bits per heavy atom. The second-order valence-corrected chi connectivity index (χ2v) is 7.03. The van der Waals surface area contributed by atoms with E-state index in [2.05, 4.69) is 0 Å². The molecule has 0 bridgehead atoms. The third-order valence-corrected chi connectivity index (χ3v) is 4.54. The van der Waals surface area contributed by atoms with Gasteiger partial charge in [-0.1, -0.05) is 24.3 Å². The first-order valence-electron chi connectivity index (χ1n) is 6.90. The summed E-state index contributed by atoms with van der Waals surface area (Å²) in [7, 11) is -4.59. The van der Waals surface area contributed by atoms with Gasteiger partial charge in [-0.2, -0.15) is 0 Å². The van der Waals surface area contributed by atoms with Gasteiger partial charge in [0.15, 0.2) is 17.3 Å². The fourth-order valence-electron chi connectivity index (χ4n) is 2.87. The number of carbonyl (C=O) groups excluding carboxylic acids is 3. The Labute approximate surface area is 131 Å². The van der Waals surface area contributed by atoms with Gasteiger partial charge in [0.2, 0.25) is 0 Å². The van der Waals surface area contributed by atoms with E-state index in [0.717, 1.165) is 0 Å². The number of hydrogen-bond donors (Lipinski definition) is 2. The van der Waals surface area contributed by atoms with Crippen molar-refractivity contribution in [2.45, 2.75) is 12.5 Å². The maximum Gasteiger partial charge on any atom is 0.333 e. The number of carbonyl (C=O) groups is 3. The molecule has 8 heteroatoms. The lowest BCUT2D eigenvalue weighted by Crippen LogP contribution is -2.40. The van der Waals surface area contributed by atoms with Gasteiger partial charge in [0.05, 0.1) is 6.61 Å². The van der Waals surface area contributed by atoms with Crippen molar-refractivity contribution in [1.82, 2.24) is 0 Å². The normalized spacial score (nSPS) is 21.0. The molecule has 0 saturated heterocycles. The van der Waals surface area contributed by atoms with E-state index < -0.39 is 31.4 Å². The molecule has 0 saturated carbocycles. The third kappa shape index (κ3) is 2.84. The van der Waals surface area contributed by atoms with Crippen molar-refractivity contribution < 1.29 is 33.5 Å². The fraction of sp³-hybridized carbons (Fsp3) is 0.267. The maximum absolute atomic E-state index is 12.6. The van der Waals surface area contributed by atoms with Crippen LogP contribution in [-0.2, 0) is 14.1 Å². The zero-order chi connectivity index (χ0) is 16.8. The molecule has 1 aromatic carbocycles. The average Bonchev–Trinajstić information content (AvgIpc) is 2.50. The molecule has 120 valence electrons. The topological polar surface area (TPSA) is 118 Å². The van der Waals surface area contributed by atoms with Gasteiger partial charge < -0.3 is 14.5 Å². The molecule has 0 spiro atoms. The summed E-state index contributed by atoms with van der Waals surface area (Å²) in [5.74, 6) is -1.74. The molecule has 1 aromatic rings. The number of ketones is 3. The number of Topliss-reactive ketones (excluding diaryl/α,β-unsaturated/α-hetero) is 3. The van der Waals surface area contributed by atoms with Crippen molar-refractivity contribution >= 4 is 24.9 Å². The molecule has 0 fully saturated rings. The number of ether oxygens (including phenoxy) is 1. The van der Waals surface area contributed by atoms with Crippen LogP contribution < -0.4 is 0 Å². The third-order valence-electron chi connectivity index (χ3n) is 3.81. The van der Waals surface area contributed by atoms with Crippen LogP contribution in [0.3, 0.4) is 0 Å². The molecule has 3 rings (SSSR count). The van der Waals surface area contributed by atoms with Crippen LogP contribution in [0, 0.1) is 0 Å². The molecule has 7 nitrogen and oxygen atoms in total. The maximum atomic E-state index is 12.6. The lowest BCUT2D eigenvalue weighted by atomic mass is 9.79. The van der Waals surface area contributed by atoms with E-state index in [4.69, 9.17) is 14.5 Å². The van der Waals surface area contributed by atoms with E-state index >= 15 is 0 Å². The van der Waals surface area contributed by atoms with E-state index in [1.165, 1.54) is 6.07 Å². The van der Waals surface area contributed by atoms with Crippen LogP contribution in [0.15, 0.2) is 35.4 Å². The Morgan fingerprint density at radius 3 is 2.39 bits per heavy atom. The highest BCUT2D eigenvalue weighted by Crippen LogP contribution is 2.38. The van der Waals surface area contributed by atoms with Crippen molar-refractivity contribution in [3.63, 3.8) is 0 Å². The second-order valence-electron chi connectivity index (χ2n) is 5.39. The van der Waals surface area contributed by atoms with Gasteiger partial charge in [-0.25, -0.2) is 0 Å². The van der Waals surface area contributed by atoms with Crippen LogP contribution in [0.1, 0.15) is 27.1 Å². The number of rotatable bonds is 3. The van der Waals surface area contributed by atoms with Gasteiger partial charge >= 0.3 is 7.60 Å². The standard InChI is InChI=1S/C15H13O7P/c16-11(7-23(19,20)21)15-12-10(5-6-22-15)13(17)8-3-1-2-4-9(8)14(12)18/h1-4,15H,5-7H2,(H2,19,20,21). The molecule has 1 atom stereocenters. The zero-order valence-electron chi connectivity index (χ0n) is 11.9. The van der Waals surface area contributed by atoms with Crippen LogP contribution in [0.5, 0.6) is 0 Å². The highest BCUT2D eigenvalue weighted by atomic mass is 31.2. The Morgan fingerprint density at radius 1 is 1.17 bits per heavy atom. The second kappa shape index (κ2) is 5.62. The van der Waals surface area contributed by atoms with Crippen molar-refractivity contribution in [2.24, 2.45) is 0 Å². The molecule has 23 heavy (non-hydrogen) atoms. The molecule has 0 radical (unpaired) electrons. The summed E-state index contributed by atoms with van der Waals surface area (Å²) >= 11 is 0. The molecule has 2 N–H and O–H groups in total. The number of fused-ring (bicyclic) bond motifs is 1. The lowest BCUT2D eigenvalue weighted by Gasteiger charge is -2.30. The Kier molecular flexibility index (Phi) is 3.90. The van der Waals surface area contributed by atoms with E-state index in [9.17, 15) is 18.9 Å². The predicted octanol–water partition coefficient (Wildman–Crippen LogP) is 0.898. The van der Waals surface area contributed by atoms with E-state index in [1.807, 2.05) is 0 Å². The molecule has 1 aliphatic heterocycles. The monoisotopic (exact) mass is 336 g/mol. The molecule has 1 heterocycles. The Balaban J connectivity index is 2.06. The molecule has 0 aromatic heterocycles. The van der Waals surface area contributed by atoms with Crippen LogP contribution >= 0.6 is 7.60 Å². The lowest BCUT2D eigenvalue weighted by molar-refractivity contribution is -0.126. The average molecular weight is 336 g/mol. The van der Waals surface area contributed by atoms with Gasteiger partial charge in [0.25, 0.3) is 0 Å². The van der Waals surface area contributed by atoms with Crippen molar-refractivity contribution in [2.75, 3.05) is 12.8 Å². The van der Waals surface area contributed by atoms with Crippen molar-refractivity contribution in [3.8, 4) is 0 Å². The molecular weight excluding hydrogens is 323 g/mol. The summed E-state index contributed by atoms with van der Waals surface area (Å²) in [4.78, 5) is 55.2. The first-order valence-corrected chi connectivity index (χ1v) is 8.69. The Hall–Kier alpha value is -1.92. The highest BCUT2D eigenvalue weighted by molar-refractivity contribution is 7.52. The molecule has 0 amide bonds. The predicted molar refractivity (Wildman–Crippen MR) is 78.4 cm³/mol. The smallest absolute Gasteiger partial charge is 0.333 e. The number of benzene rings is 1. The van der Waals surface area contributed by atoms with Gasteiger partial charge in [-0.05, 0) is 0 Å². The van der Waals surface area contributed by atoms with Crippen LogP contribution in [-0.4, -0.2) is 46.0 Å². The van der Waals surface area contributed by atoms with Crippen LogP contribution in [0.2, 0.25) is 0 Å². The summed E-state index contributed by atoms with van der Waals surface area (Å²) in [6, 6.07) is 6.27. The minimum absolute atomic E-state index is 0.0393. The molecular formula is C15H13O7P. The SMILES string of the molecule is O=C1C2=C(C(=O)c3ccccc31)C(C(=O)CP(=O)(O)O)OCC2. The highest BCUT2D eigenvalue weighted by Gasteiger charge is 2.42. The Bertz CT molecular complexity index is 802. The first-order chi connectivity index (χ1) is 10.8. The van der Waals surface area contributed by atoms with Crippen molar-refractivity contribution in [1.29, 1.82) is 0 Å². The summed E-state index contributed by atoms with van der Waals surface area (Å²) in [6.07, 6.45) is -2.25. The summed E-state index contributed by atoms with van der Waals surface area (Å²) in [6.45, 7) is 0.0393. The van der Waals surface area contributed by atoms with Gasteiger partial charge in [-0.15, -0.1) is 0 Å². The largest absolute Gasteiger partial charge is 0.365 e. The van der Waals surface area contributed by atoms with E-state index in [-0.39, 0.29) is 41.1 Å². The summed E-state index contributed by atoms with van der Waals surface area (Å²) in [5.41, 5.74) is 0.567. The molecule has 1 aliphatic carbocycles. The van der Waals surface area contributed by atoms with E-state index in [1.54, 1.807) is 18.2 Å². The zero-order valence-corrected chi connectivity index (χ0v) is 12.8. The minimum Gasteiger partial charge on any atom is -0.365 e. The van der Waals surface area contributed by atoms with Gasteiger partial charge in [0, 0.05) is 28.7 Å². The van der Waals surface area contributed by atoms with Crippen LogP contribution in [0.25, 0.3) is 0 Å². The first kappa shape index (κ1) is 16.0. The number of hydrogen-bond acceptors (Lipinski definition) is 5. The minimum atomic E-state index is -4.59. The van der Waals surface area contributed by atoms with Crippen LogP contribution in [0.4, 0.5) is 0 Å². The molecule has 1 unspecified atom stereocenters. The van der Waals surface area contributed by atoms with Gasteiger partial charge in [0.1, 0.15) is 12.3 Å². The quantitative estimate of drug-likeness (QED) is 0.787. The molecule has 2 aliphatic rings. The van der Waals surface area contributed by atoms with Crippen molar-refractivity contribution in [3.05, 3.63) is 46.5 Å². The summed E-state index contributed by atoms with van der Waals surface area (Å²) in [5, 5.41) is 0.